The van der Waals surface area contributed by atoms with Crippen molar-refractivity contribution in [2.75, 3.05) is 6.26 Å². The van der Waals surface area contributed by atoms with E-state index >= 15 is 0 Å². The molecule has 0 unspecified atom stereocenters. The van der Waals surface area contributed by atoms with Crippen LogP contribution >= 0.6 is 0 Å². The minimum atomic E-state index is -3.28. The zero-order chi connectivity index (χ0) is 21.7. The van der Waals surface area contributed by atoms with Crippen LogP contribution in [0.25, 0.3) is 33.6 Å². The highest BCUT2D eigenvalue weighted by Crippen LogP contribution is 2.35. The maximum Gasteiger partial charge on any atom is 0.175 e. The minimum Gasteiger partial charge on any atom is -0.454 e. The van der Waals surface area contributed by atoms with E-state index < -0.39 is 15.4 Å². The first kappa shape index (κ1) is 20.3. The lowest BCUT2D eigenvalue weighted by Crippen LogP contribution is -2.17. The van der Waals surface area contributed by atoms with Crippen molar-refractivity contribution in [1.82, 2.24) is 9.97 Å². The molecule has 7 heteroatoms. The fourth-order valence-electron chi connectivity index (χ4n) is 3.37. The molecule has 4 aromatic rings. The number of hydrogen-bond acceptors (Lipinski definition) is 6. The first-order valence-corrected chi connectivity index (χ1v) is 11.3. The summed E-state index contributed by atoms with van der Waals surface area (Å²) in [7, 11) is -3.28. The van der Waals surface area contributed by atoms with E-state index in [0.717, 1.165) is 22.3 Å². The minimum absolute atomic E-state index is 0.273. The fraction of sp³-hybridized carbons (Fsp3) is 0.217. The van der Waals surface area contributed by atoms with E-state index in [2.05, 4.69) is 9.97 Å². The molecular formula is C23H22N2O4S. The second-order valence-electron chi connectivity index (χ2n) is 7.92. The van der Waals surface area contributed by atoms with Gasteiger partial charge in [-0.05, 0) is 68.3 Å². The number of benzene rings is 1. The molecule has 0 saturated heterocycles. The van der Waals surface area contributed by atoms with Crippen LogP contribution in [-0.4, -0.2) is 29.7 Å². The van der Waals surface area contributed by atoms with Gasteiger partial charge < -0.3 is 9.52 Å². The van der Waals surface area contributed by atoms with Crippen LogP contribution in [0.5, 0.6) is 0 Å². The van der Waals surface area contributed by atoms with Crippen molar-refractivity contribution in [3.63, 3.8) is 0 Å². The summed E-state index contributed by atoms with van der Waals surface area (Å²) in [5, 5.41) is 10.3. The molecule has 0 fully saturated rings. The largest absolute Gasteiger partial charge is 0.454 e. The Kier molecular flexibility index (Phi) is 4.75. The van der Waals surface area contributed by atoms with Gasteiger partial charge in [0.15, 0.2) is 15.4 Å². The molecule has 0 aliphatic rings. The third kappa shape index (κ3) is 3.74. The van der Waals surface area contributed by atoms with Crippen molar-refractivity contribution < 1.29 is 17.9 Å². The van der Waals surface area contributed by atoms with E-state index in [0.29, 0.717) is 22.6 Å². The van der Waals surface area contributed by atoms with Crippen LogP contribution in [0.15, 0.2) is 64.2 Å². The summed E-state index contributed by atoms with van der Waals surface area (Å²) in [5.74, 6) is 0.610. The monoisotopic (exact) mass is 422 g/mol. The number of aliphatic hydroxyl groups is 1. The summed E-state index contributed by atoms with van der Waals surface area (Å²) in [5.41, 5.74) is 4.11. The third-order valence-corrected chi connectivity index (χ3v) is 6.11. The first-order valence-electron chi connectivity index (χ1n) is 9.43. The molecule has 0 amide bonds. The number of furan rings is 1. The summed E-state index contributed by atoms with van der Waals surface area (Å²) in [6.07, 6.45) is 4.56. The van der Waals surface area contributed by atoms with Crippen LogP contribution < -0.4 is 0 Å². The van der Waals surface area contributed by atoms with Gasteiger partial charge in [0.25, 0.3) is 0 Å². The number of aryl methyl sites for hydroxylation is 1. The normalized spacial score (nSPS) is 12.4. The second kappa shape index (κ2) is 7.04. The highest BCUT2D eigenvalue weighted by atomic mass is 32.2. The molecule has 0 aliphatic carbocycles. The topological polar surface area (TPSA) is 93.3 Å². The van der Waals surface area contributed by atoms with Crippen molar-refractivity contribution >= 4 is 20.9 Å². The van der Waals surface area contributed by atoms with Gasteiger partial charge in [-0.15, -0.1) is 0 Å². The number of aromatic nitrogens is 2. The Morgan fingerprint density at radius 3 is 2.37 bits per heavy atom. The number of nitrogens with zero attached hydrogens (tertiary/aromatic N) is 2. The van der Waals surface area contributed by atoms with Crippen molar-refractivity contribution in [2.24, 2.45) is 0 Å². The van der Waals surface area contributed by atoms with Crippen molar-refractivity contribution in [2.45, 2.75) is 31.3 Å². The lowest BCUT2D eigenvalue weighted by Gasteiger charge is -2.17. The standard InChI is InChI=1S/C23H22N2O4S/c1-14-11-16(30(4,27)28)5-6-17(14)20-13-19-22(29-20)18(8-10-24-19)15-7-9-25-21(12-15)23(2,3)26/h5-13,26H,1-4H3. The molecule has 30 heavy (non-hydrogen) atoms. The number of sulfone groups is 1. The van der Waals surface area contributed by atoms with Gasteiger partial charge in [-0.1, -0.05) is 0 Å². The van der Waals surface area contributed by atoms with Crippen molar-refractivity contribution in [1.29, 1.82) is 0 Å². The van der Waals surface area contributed by atoms with Crippen molar-refractivity contribution in [3.8, 4) is 22.5 Å². The van der Waals surface area contributed by atoms with Gasteiger partial charge in [-0.2, -0.15) is 0 Å². The van der Waals surface area contributed by atoms with E-state index in [1.165, 1.54) is 6.26 Å². The molecule has 1 N–H and O–H groups in total. The Morgan fingerprint density at radius 1 is 0.967 bits per heavy atom. The van der Waals surface area contributed by atoms with Gasteiger partial charge in [-0.3, -0.25) is 9.97 Å². The maximum absolute atomic E-state index is 11.8. The molecule has 0 aliphatic heterocycles. The maximum atomic E-state index is 11.8. The van der Waals surface area contributed by atoms with Crippen LogP contribution in [0.3, 0.4) is 0 Å². The van der Waals surface area contributed by atoms with Gasteiger partial charge in [0, 0.05) is 35.8 Å². The molecule has 0 radical (unpaired) electrons. The fourth-order valence-corrected chi connectivity index (χ4v) is 4.08. The summed E-state index contributed by atoms with van der Waals surface area (Å²) in [4.78, 5) is 8.95. The van der Waals surface area contributed by atoms with Gasteiger partial charge >= 0.3 is 0 Å². The zero-order valence-corrected chi connectivity index (χ0v) is 18.0. The Morgan fingerprint density at radius 2 is 1.70 bits per heavy atom. The first-order chi connectivity index (χ1) is 14.0. The molecule has 0 bridgehead atoms. The quantitative estimate of drug-likeness (QED) is 0.521. The van der Waals surface area contributed by atoms with E-state index in [-0.39, 0.29) is 4.90 Å². The molecule has 154 valence electrons. The van der Waals surface area contributed by atoms with Crippen LogP contribution in [0, 0.1) is 6.92 Å². The second-order valence-corrected chi connectivity index (χ2v) is 9.94. The van der Waals surface area contributed by atoms with E-state index in [1.54, 1.807) is 44.4 Å². The number of rotatable bonds is 4. The van der Waals surface area contributed by atoms with Gasteiger partial charge in [0.05, 0.1) is 10.6 Å². The molecule has 0 atom stereocenters. The molecule has 6 nitrogen and oxygen atoms in total. The zero-order valence-electron chi connectivity index (χ0n) is 17.2. The Labute approximate surface area is 175 Å². The van der Waals surface area contributed by atoms with Gasteiger partial charge in [0.1, 0.15) is 16.9 Å². The lowest BCUT2D eigenvalue weighted by molar-refractivity contribution is 0.0739. The summed E-state index contributed by atoms with van der Waals surface area (Å²) < 4.78 is 29.8. The molecule has 0 saturated carbocycles. The Hall–Kier alpha value is -3.03. The molecule has 1 aromatic carbocycles. The molecule has 0 spiro atoms. The van der Waals surface area contributed by atoms with Crippen LogP contribution in [0.1, 0.15) is 25.1 Å². The van der Waals surface area contributed by atoms with Gasteiger partial charge in [-0.25, -0.2) is 8.42 Å². The predicted octanol–water partition coefficient (Wildman–Crippen LogP) is 4.50. The molecule has 3 aromatic heterocycles. The average Bonchev–Trinajstić information content (AvgIpc) is 3.10. The summed E-state index contributed by atoms with van der Waals surface area (Å²) >= 11 is 0. The summed E-state index contributed by atoms with van der Waals surface area (Å²) in [6.45, 7) is 5.23. The van der Waals surface area contributed by atoms with E-state index in [4.69, 9.17) is 4.42 Å². The predicted molar refractivity (Wildman–Crippen MR) is 116 cm³/mol. The highest BCUT2D eigenvalue weighted by molar-refractivity contribution is 7.90. The number of hydrogen-bond donors (Lipinski definition) is 1. The number of pyridine rings is 2. The summed E-state index contributed by atoms with van der Waals surface area (Å²) in [6, 6.07) is 12.4. The van der Waals surface area contributed by atoms with Gasteiger partial charge in [0.2, 0.25) is 0 Å². The number of fused-ring (bicyclic) bond motifs is 1. The SMILES string of the molecule is Cc1cc(S(C)(=O)=O)ccc1-c1cc2nccc(-c3ccnc(C(C)(C)O)c3)c2o1. The van der Waals surface area contributed by atoms with Crippen LogP contribution in [-0.2, 0) is 15.4 Å². The Balaban J connectivity index is 1.85. The lowest BCUT2D eigenvalue weighted by atomic mass is 10.00. The van der Waals surface area contributed by atoms with Crippen molar-refractivity contribution in [3.05, 3.63) is 66.1 Å². The highest BCUT2D eigenvalue weighted by Gasteiger charge is 2.20. The third-order valence-electron chi connectivity index (χ3n) is 5.00. The van der Waals surface area contributed by atoms with Crippen LogP contribution in [0.4, 0.5) is 0 Å². The molecule has 4 rings (SSSR count). The smallest absolute Gasteiger partial charge is 0.175 e. The molecular weight excluding hydrogens is 400 g/mol. The van der Waals surface area contributed by atoms with E-state index in [1.807, 2.05) is 31.2 Å². The van der Waals surface area contributed by atoms with Crippen LogP contribution in [0.2, 0.25) is 0 Å². The molecule has 3 heterocycles. The average molecular weight is 423 g/mol. The Bertz CT molecular complexity index is 1370. The van der Waals surface area contributed by atoms with E-state index in [9.17, 15) is 13.5 Å².